The van der Waals surface area contributed by atoms with Crippen molar-refractivity contribution in [3.8, 4) is 0 Å². The Hall–Kier alpha value is -1.06. The van der Waals surface area contributed by atoms with Gasteiger partial charge in [-0.3, -0.25) is 9.69 Å². The van der Waals surface area contributed by atoms with E-state index in [0.29, 0.717) is 19.0 Å². The second kappa shape index (κ2) is 7.51. The van der Waals surface area contributed by atoms with Crippen molar-refractivity contribution in [3.63, 3.8) is 0 Å². The Kier molecular flexibility index (Phi) is 6.32. The SMILES string of the molecule is CC(C)(C)OC(=O)CN(CCCl)Cc1ccccc1. The summed E-state index contributed by atoms with van der Waals surface area (Å²) in [6, 6.07) is 10.0. The van der Waals surface area contributed by atoms with Crippen LogP contribution in [0.4, 0.5) is 0 Å². The molecular weight excluding hydrogens is 262 g/mol. The Morgan fingerprint density at radius 3 is 2.42 bits per heavy atom. The van der Waals surface area contributed by atoms with Gasteiger partial charge in [0.05, 0.1) is 6.54 Å². The fourth-order valence-corrected chi connectivity index (χ4v) is 1.97. The van der Waals surface area contributed by atoms with Gasteiger partial charge in [0.1, 0.15) is 5.60 Å². The Bertz CT molecular complexity index is 387. The molecule has 0 heterocycles. The highest BCUT2D eigenvalue weighted by Crippen LogP contribution is 2.09. The molecule has 1 aromatic rings. The number of esters is 1. The first-order valence-corrected chi connectivity index (χ1v) is 6.98. The average molecular weight is 284 g/mol. The number of hydrogen-bond donors (Lipinski definition) is 0. The molecule has 4 heteroatoms. The summed E-state index contributed by atoms with van der Waals surface area (Å²) in [4.78, 5) is 13.8. The van der Waals surface area contributed by atoms with Gasteiger partial charge in [0.15, 0.2) is 0 Å². The van der Waals surface area contributed by atoms with Crippen LogP contribution in [0.25, 0.3) is 0 Å². The van der Waals surface area contributed by atoms with Gasteiger partial charge in [-0.25, -0.2) is 0 Å². The van der Waals surface area contributed by atoms with Crippen molar-refractivity contribution in [1.82, 2.24) is 4.90 Å². The van der Waals surface area contributed by atoms with Crippen LogP contribution in [0, 0.1) is 0 Å². The van der Waals surface area contributed by atoms with E-state index in [1.54, 1.807) is 0 Å². The summed E-state index contributed by atoms with van der Waals surface area (Å²) < 4.78 is 5.33. The van der Waals surface area contributed by atoms with Crippen molar-refractivity contribution in [2.24, 2.45) is 0 Å². The molecule has 0 aromatic heterocycles. The summed E-state index contributed by atoms with van der Waals surface area (Å²) in [5.74, 6) is 0.281. The minimum absolute atomic E-state index is 0.214. The smallest absolute Gasteiger partial charge is 0.320 e. The van der Waals surface area contributed by atoms with Gasteiger partial charge in [0.2, 0.25) is 0 Å². The van der Waals surface area contributed by atoms with Gasteiger partial charge in [0, 0.05) is 19.0 Å². The summed E-state index contributed by atoms with van der Waals surface area (Å²) in [5, 5.41) is 0. The maximum atomic E-state index is 11.8. The van der Waals surface area contributed by atoms with Crippen molar-refractivity contribution in [1.29, 1.82) is 0 Å². The second-order valence-electron chi connectivity index (χ2n) is 5.47. The molecule has 0 saturated carbocycles. The highest BCUT2D eigenvalue weighted by molar-refractivity contribution is 6.18. The molecule has 0 N–H and O–H groups in total. The quantitative estimate of drug-likeness (QED) is 0.594. The van der Waals surface area contributed by atoms with Crippen LogP contribution in [0.1, 0.15) is 26.3 Å². The fraction of sp³-hybridized carbons (Fsp3) is 0.533. The fourth-order valence-electron chi connectivity index (χ4n) is 1.73. The molecule has 0 amide bonds. The van der Waals surface area contributed by atoms with Gasteiger partial charge in [0.25, 0.3) is 0 Å². The van der Waals surface area contributed by atoms with Crippen molar-refractivity contribution in [2.75, 3.05) is 19.0 Å². The van der Waals surface area contributed by atoms with E-state index in [4.69, 9.17) is 16.3 Å². The number of carbonyl (C=O) groups excluding carboxylic acids is 1. The van der Waals surface area contributed by atoms with Gasteiger partial charge in [-0.1, -0.05) is 30.3 Å². The predicted octanol–water partition coefficient (Wildman–Crippen LogP) is 3.07. The largest absolute Gasteiger partial charge is 0.459 e. The lowest BCUT2D eigenvalue weighted by Gasteiger charge is -2.24. The van der Waals surface area contributed by atoms with Crippen molar-refractivity contribution < 1.29 is 9.53 Å². The number of hydrogen-bond acceptors (Lipinski definition) is 3. The molecule has 19 heavy (non-hydrogen) atoms. The Morgan fingerprint density at radius 2 is 1.89 bits per heavy atom. The van der Waals surface area contributed by atoms with Gasteiger partial charge in [-0.2, -0.15) is 0 Å². The number of rotatable bonds is 6. The second-order valence-corrected chi connectivity index (χ2v) is 5.85. The molecule has 106 valence electrons. The lowest BCUT2D eigenvalue weighted by Crippen LogP contribution is -2.35. The molecule has 0 aliphatic heterocycles. The van der Waals surface area contributed by atoms with E-state index in [9.17, 15) is 4.79 Å². The van der Waals surface area contributed by atoms with Crippen LogP contribution in [0.2, 0.25) is 0 Å². The molecule has 0 aliphatic carbocycles. The molecule has 0 spiro atoms. The molecule has 0 fully saturated rings. The van der Waals surface area contributed by atoms with Crippen molar-refractivity contribution in [3.05, 3.63) is 35.9 Å². The van der Waals surface area contributed by atoms with Crippen LogP contribution >= 0.6 is 11.6 Å². The number of carbonyl (C=O) groups is 1. The molecule has 0 saturated heterocycles. The van der Waals surface area contributed by atoms with Gasteiger partial charge >= 0.3 is 5.97 Å². The van der Waals surface area contributed by atoms with Crippen molar-refractivity contribution in [2.45, 2.75) is 32.9 Å². The molecule has 0 radical (unpaired) electrons. The molecule has 1 aromatic carbocycles. The zero-order valence-electron chi connectivity index (χ0n) is 11.9. The van der Waals surface area contributed by atoms with E-state index >= 15 is 0 Å². The van der Waals surface area contributed by atoms with Gasteiger partial charge in [-0.05, 0) is 26.3 Å². The first-order valence-electron chi connectivity index (χ1n) is 6.45. The van der Waals surface area contributed by atoms with E-state index in [0.717, 1.165) is 5.56 Å². The number of nitrogens with zero attached hydrogens (tertiary/aromatic N) is 1. The monoisotopic (exact) mass is 283 g/mol. The first kappa shape index (κ1) is 16.0. The predicted molar refractivity (Wildman–Crippen MR) is 78.3 cm³/mol. The minimum atomic E-state index is -0.448. The molecule has 0 bridgehead atoms. The number of alkyl halides is 1. The van der Waals surface area contributed by atoms with E-state index in [1.165, 1.54) is 0 Å². The first-order chi connectivity index (χ1) is 8.90. The highest BCUT2D eigenvalue weighted by Gasteiger charge is 2.18. The lowest BCUT2D eigenvalue weighted by atomic mass is 10.2. The zero-order valence-corrected chi connectivity index (χ0v) is 12.6. The zero-order chi connectivity index (χ0) is 14.3. The summed E-state index contributed by atoms with van der Waals surface area (Å²) in [7, 11) is 0. The van der Waals surface area contributed by atoms with E-state index in [2.05, 4.69) is 0 Å². The topological polar surface area (TPSA) is 29.5 Å². The summed E-state index contributed by atoms with van der Waals surface area (Å²) in [5.41, 5.74) is 0.715. The molecule has 0 unspecified atom stereocenters. The standard InChI is InChI=1S/C15H22ClNO2/c1-15(2,3)19-14(18)12-17(10-9-16)11-13-7-5-4-6-8-13/h4-8H,9-12H2,1-3H3. The molecule has 0 atom stereocenters. The normalized spacial score (nSPS) is 11.6. The van der Waals surface area contributed by atoms with Crippen molar-refractivity contribution >= 4 is 17.6 Å². The number of halogens is 1. The number of benzene rings is 1. The minimum Gasteiger partial charge on any atom is -0.459 e. The van der Waals surface area contributed by atoms with Crippen LogP contribution in [0.3, 0.4) is 0 Å². The van der Waals surface area contributed by atoms with Gasteiger partial charge < -0.3 is 4.74 Å². The third-order valence-electron chi connectivity index (χ3n) is 2.42. The maximum absolute atomic E-state index is 11.8. The Balaban J connectivity index is 2.55. The highest BCUT2D eigenvalue weighted by atomic mass is 35.5. The van der Waals surface area contributed by atoms with Crippen LogP contribution in [-0.2, 0) is 16.1 Å². The Labute approximate surface area is 120 Å². The van der Waals surface area contributed by atoms with Gasteiger partial charge in [-0.15, -0.1) is 11.6 Å². The molecule has 0 aliphatic rings. The molecule has 3 nitrogen and oxygen atoms in total. The third-order valence-corrected chi connectivity index (χ3v) is 2.59. The van der Waals surface area contributed by atoms with Crippen LogP contribution in [0.5, 0.6) is 0 Å². The van der Waals surface area contributed by atoms with E-state index in [-0.39, 0.29) is 12.5 Å². The summed E-state index contributed by atoms with van der Waals surface area (Å²) in [6.07, 6.45) is 0. The maximum Gasteiger partial charge on any atom is 0.320 e. The van der Waals surface area contributed by atoms with Crippen LogP contribution in [-0.4, -0.2) is 35.4 Å². The van der Waals surface area contributed by atoms with E-state index in [1.807, 2.05) is 56.0 Å². The lowest BCUT2D eigenvalue weighted by molar-refractivity contribution is -0.156. The number of ether oxygens (including phenoxy) is 1. The molecule has 1 rings (SSSR count). The third kappa shape index (κ3) is 7.19. The van der Waals surface area contributed by atoms with E-state index < -0.39 is 5.60 Å². The summed E-state index contributed by atoms with van der Waals surface area (Å²) in [6.45, 7) is 7.23. The Morgan fingerprint density at radius 1 is 1.26 bits per heavy atom. The van der Waals surface area contributed by atoms with Crippen LogP contribution < -0.4 is 0 Å². The van der Waals surface area contributed by atoms with Crippen LogP contribution in [0.15, 0.2) is 30.3 Å². The average Bonchev–Trinajstić information content (AvgIpc) is 2.27. The summed E-state index contributed by atoms with van der Waals surface area (Å²) >= 11 is 5.79. The molecular formula is C15H22ClNO2.